The number of ether oxygens (including phenoxy) is 2. The van der Waals surface area contributed by atoms with E-state index in [2.05, 4.69) is 32.6 Å². The molecule has 0 unspecified atom stereocenters. The maximum atomic E-state index is 5.89. The Hall–Kier alpha value is -2.27. The number of imidazole rings is 1. The Morgan fingerprint density at radius 3 is 2.73 bits per heavy atom. The summed E-state index contributed by atoms with van der Waals surface area (Å²) < 4.78 is 14.2. The lowest BCUT2D eigenvalue weighted by molar-refractivity contribution is 0.230. The third-order valence-corrected chi connectivity index (χ3v) is 4.31. The molecule has 22 heavy (non-hydrogen) atoms. The Morgan fingerprint density at radius 2 is 1.95 bits per heavy atom. The van der Waals surface area contributed by atoms with Crippen LogP contribution in [0.4, 0.5) is 0 Å². The van der Waals surface area contributed by atoms with Crippen molar-refractivity contribution in [3.63, 3.8) is 0 Å². The summed E-state index contributed by atoms with van der Waals surface area (Å²) in [5.74, 6) is 2.41. The maximum absolute atomic E-state index is 5.89. The van der Waals surface area contributed by atoms with Crippen LogP contribution < -0.4 is 9.47 Å². The zero-order chi connectivity index (χ0) is 15.1. The van der Waals surface area contributed by atoms with Crippen LogP contribution in [0.5, 0.6) is 11.5 Å². The second kappa shape index (κ2) is 5.18. The quantitative estimate of drug-likeness (QED) is 0.685. The second-order valence-electron chi connectivity index (χ2n) is 4.98. The fourth-order valence-corrected chi connectivity index (χ4v) is 3.38. The number of rotatable bonds is 2. The maximum Gasteiger partial charge on any atom is 0.167 e. The van der Waals surface area contributed by atoms with Crippen molar-refractivity contribution in [2.75, 3.05) is 7.11 Å². The van der Waals surface area contributed by atoms with E-state index in [9.17, 15) is 0 Å². The van der Waals surface area contributed by atoms with E-state index in [0.717, 1.165) is 38.7 Å². The fourth-order valence-electron chi connectivity index (χ4n) is 2.77. The molecule has 4 rings (SSSR count). The van der Waals surface area contributed by atoms with Crippen LogP contribution in [0, 0.1) is 0 Å². The Morgan fingerprint density at radius 1 is 1.14 bits per heavy atom. The lowest BCUT2D eigenvalue weighted by atomic mass is 10.1. The third-order valence-electron chi connectivity index (χ3n) is 3.75. The highest BCUT2D eigenvalue weighted by Crippen LogP contribution is 2.44. The summed E-state index contributed by atoms with van der Waals surface area (Å²) in [6.07, 6.45) is 0. The minimum Gasteiger partial charge on any atom is -0.496 e. The molecule has 0 bridgehead atoms. The van der Waals surface area contributed by atoms with Gasteiger partial charge in [0.15, 0.2) is 12.6 Å². The average Bonchev–Trinajstić information content (AvgIpc) is 2.91. The molecule has 0 saturated carbocycles. The molecule has 0 radical (unpaired) electrons. The number of nitrogens with zero attached hydrogens (tertiary/aromatic N) is 2. The third kappa shape index (κ3) is 1.93. The molecule has 4 nitrogen and oxygen atoms in total. The number of aromatic nitrogens is 2. The van der Waals surface area contributed by atoms with E-state index in [1.54, 1.807) is 7.11 Å². The molecule has 0 atom stereocenters. The first-order chi connectivity index (χ1) is 10.8. The van der Waals surface area contributed by atoms with Crippen molar-refractivity contribution >= 4 is 15.9 Å². The second-order valence-corrected chi connectivity index (χ2v) is 5.73. The Bertz CT molecular complexity index is 829. The first-order valence-corrected chi connectivity index (χ1v) is 7.70. The van der Waals surface area contributed by atoms with Gasteiger partial charge in [-0.25, -0.2) is 4.98 Å². The number of fused-ring (bicyclic) bond motifs is 3. The molecule has 0 aliphatic carbocycles. The first-order valence-electron chi connectivity index (χ1n) is 6.91. The molecule has 1 aromatic heterocycles. The van der Waals surface area contributed by atoms with Gasteiger partial charge in [0.1, 0.15) is 21.7 Å². The normalized spacial score (nSPS) is 12.3. The SMILES string of the molecule is COc1cccc2c1-c1nc(Br)c(-c3ccccc3)n1CO2. The topological polar surface area (TPSA) is 36.3 Å². The van der Waals surface area contributed by atoms with Gasteiger partial charge in [-0.1, -0.05) is 36.4 Å². The molecule has 2 heterocycles. The average molecular weight is 357 g/mol. The smallest absolute Gasteiger partial charge is 0.167 e. The number of methoxy groups -OCH3 is 1. The van der Waals surface area contributed by atoms with Crippen molar-refractivity contribution in [3.8, 4) is 34.1 Å². The largest absolute Gasteiger partial charge is 0.496 e. The van der Waals surface area contributed by atoms with E-state index in [-0.39, 0.29) is 0 Å². The van der Waals surface area contributed by atoms with Gasteiger partial charge in [-0.15, -0.1) is 0 Å². The number of hydrogen-bond donors (Lipinski definition) is 0. The lowest BCUT2D eigenvalue weighted by Gasteiger charge is -2.22. The number of hydrogen-bond acceptors (Lipinski definition) is 3. The summed E-state index contributed by atoms with van der Waals surface area (Å²) in [5.41, 5.74) is 2.99. The van der Waals surface area contributed by atoms with Crippen LogP contribution in [0.1, 0.15) is 0 Å². The molecule has 5 heteroatoms. The zero-order valence-corrected chi connectivity index (χ0v) is 13.5. The van der Waals surface area contributed by atoms with Crippen molar-refractivity contribution in [1.29, 1.82) is 0 Å². The van der Waals surface area contributed by atoms with E-state index in [1.807, 2.05) is 36.4 Å². The molecular formula is C17H13BrN2O2. The fraction of sp³-hybridized carbons (Fsp3) is 0.118. The van der Waals surface area contributed by atoms with Gasteiger partial charge in [0.2, 0.25) is 0 Å². The minimum atomic E-state index is 0.429. The van der Waals surface area contributed by atoms with Crippen molar-refractivity contribution in [1.82, 2.24) is 9.55 Å². The van der Waals surface area contributed by atoms with Gasteiger partial charge < -0.3 is 9.47 Å². The standard InChI is InChI=1S/C17H13BrN2O2/c1-21-12-8-5-9-13-14(12)17-19-16(18)15(20(17)10-22-13)11-6-3-2-4-7-11/h2-9H,10H2,1H3. The van der Waals surface area contributed by atoms with Gasteiger partial charge in [-0.2, -0.15) is 0 Å². The van der Waals surface area contributed by atoms with Crippen molar-refractivity contribution in [2.45, 2.75) is 6.73 Å². The highest BCUT2D eigenvalue weighted by atomic mass is 79.9. The first kappa shape index (κ1) is 13.4. The summed E-state index contributed by atoms with van der Waals surface area (Å²) in [7, 11) is 1.66. The molecule has 3 aromatic rings. The molecule has 0 amide bonds. The number of benzene rings is 2. The van der Waals surface area contributed by atoms with E-state index in [1.165, 1.54) is 0 Å². The summed E-state index contributed by atoms with van der Waals surface area (Å²) in [6.45, 7) is 0.429. The van der Waals surface area contributed by atoms with E-state index in [4.69, 9.17) is 14.5 Å². The lowest BCUT2D eigenvalue weighted by Crippen LogP contribution is -2.14. The van der Waals surface area contributed by atoms with Crippen LogP contribution in [0.15, 0.2) is 53.1 Å². The van der Waals surface area contributed by atoms with Gasteiger partial charge >= 0.3 is 0 Å². The van der Waals surface area contributed by atoms with Crippen molar-refractivity contribution in [2.24, 2.45) is 0 Å². The Labute approximate surface area is 136 Å². The van der Waals surface area contributed by atoms with Crippen molar-refractivity contribution in [3.05, 3.63) is 53.1 Å². The van der Waals surface area contributed by atoms with Crippen LogP contribution in [0.25, 0.3) is 22.6 Å². The van der Waals surface area contributed by atoms with Gasteiger partial charge in [0, 0.05) is 5.56 Å². The van der Waals surface area contributed by atoms with E-state index < -0.39 is 0 Å². The molecule has 110 valence electrons. The molecular weight excluding hydrogens is 344 g/mol. The molecule has 0 N–H and O–H groups in total. The van der Waals surface area contributed by atoms with Crippen LogP contribution in [-0.2, 0) is 6.73 Å². The van der Waals surface area contributed by atoms with Gasteiger partial charge in [0.25, 0.3) is 0 Å². The Balaban J connectivity index is 1.98. The molecule has 1 aliphatic heterocycles. The van der Waals surface area contributed by atoms with E-state index in [0.29, 0.717) is 6.73 Å². The van der Waals surface area contributed by atoms with E-state index >= 15 is 0 Å². The molecule has 2 aromatic carbocycles. The van der Waals surface area contributed by atoms with Crippen LogP contribution in [0.2, 0.25) is 0 Å². The molecule has 0 spiro atoms. The van der Waals surface area contributed by atoms with Gasteiger partial charge in [0.05, 0.1) is 12.8 Å². The van der Waals surface area contributed by atoms with Crippen LogP contribution in [-0.4, -0.2) is 16.7 Å². The molecule has 0 saturated heterocycles. The van der Waals surface area contributed by atoms with Crippen LogP contribution in [0.3, 0.4) is 0 Å². The summed E-state index contributed by atoms with van der Waals surface area (Å²) >= 11 is 3.58. The van der Waals surface area contributed by atoms with Gasteiger partial charge in [-0.05, 0) is 28.1 Å². The predicted octanol–water partition coefficient (Wildman–Crippen LogP) is 4.34. The molecule has 1 aliphatic rings. The molecule has 0 fully saturated rings. The summed E-state index contributed by atoms with van der Waals surface area (Å²) in [5, 5.41) is 0. The van der Waals surface area contributed by atoms with Gasteiger partial charge in [-0.3, -0.25) is 4.57 Å². The summed E-state index contributed by atoms with van der Waals surface area (Å²) in [6, 6.07) is 15.9. The van der Waals surface area contributed by atoms with Crippen LogP contribution >= 0.6 is 15.9 Å². The zero-order valence-electron chi connectivity index (χ0n) is 11.9. The highest BCUT2D eigenvalue weighted by molar-refractivity contribution is 9.10. The predicted molar refractivity (Wildman–Crippen MR) is 88.0 cm³/mol. The monoisotopic (exact) mass is 356 g/mol. The summed E-state index contributed by atoms with van der Waals surface area (Å²) in [4.78, 5) is 4.70. The van der Waals surface area contributed by atoms with Crippen molar-refractivity contribution < 1.29 is 9.47 Å². The Kier molecular flexibility index (Phi) is 3.15. The highest BCUT2D eigenvalue weighted by Gasteiger charge is 2.27. The minimum absolute atomic E-state index is 0.429. The number of halogens is 1.